The number of nitrogens with zero attached hydrogens (tertiary/aromatic N) is 2. The Labute approximate surface area is 147 Å². The smallest absolute Gasteiger partial charge is 0.328 e. The predicted octanol–water partition coefficient (Wildman–Crippen LogP) is 2.27. The van der Waals surface area contributed by atoms with Crippen LogP contribution >= 0.6 is 0 Å². The van der Waals surface area contributed by atoms with Crippen LogP contribution in [0.4, 0.5) is 5.82 Å². The van der Waals surface area contributed by atoms with Crippen LogP contribution in [0.2, 0.25) is 0 Å². The number of carbonyl (C=O) groups is 1. The van der Waals surface area contributed by atoms with Crippen LogP contribution in [-0.4, -0.2) is 39.7 Å². The maximum atomic E-state index is 10.6. The summed E-state index contributed by atoms with van der Waals surface area (Å²) in [6, 6.07) is 8.61. The Hall–Kier alpha value is -2.73. The predicted molar refractivity (Wildman–Crippen MR) is 97.4 cm³/mol. The highest BCUT2D eigenvalue weighted by atomic mass is 16.4. The van der Waals surface area contributed by atoms with E-state index >= 15 is 0 Å². The Morgan fingerprint density at radius 3 is 2.72 bits per heavy atom. The molecular formula is C19H22N4O2. The normalized spacial score (nSPS) is 20.0. The standard InChI is InChI=1S/C19H22N4O2/c1-14-2-4-15(5-3-14)10-19(8-9-20-13-19)23-17-12-21-16(11-22-17)6-7-18(24)25/h2-7,11-12,20H,8-10,13H2,1H3,(H,22,23)(H,24,25)/b7-6+/t19-/m0/s1. The number of benzene rings is 1. The zero-order chi connectivity index (χ0) is 17.7. The van der Waals surface area contributed by atoms with Gasteiger partial charge < -0.3 is 15.7 Å². The van der Waals surface area contributed by atoms with E-state index in [9.17, 15) is 4.79 Å². The third-order valence-corrected chi connectivity index (χ3v) is 4.37. The van der Waals surface area contributed by atoms with Gasteiger partial charge >= 0.3 is 5.97 Å². The number of carboxylic acid groups (broad SMARTS) is 1. The number of carboxylic acids is 1. The molecule has 1 aliphatic rings. The molecular weight excluding hydrogens is 316 g/mol. The van der Waals surface area contributed by atoms with E-state index < -0.39 is 5.97 Å². The van der Waals surface area contributed by atoms with E-state index in [1.807, 2.05) is 0 Å². The van der Waals surface area contributed by atoms with Crippen LogP contribution in [0.3, 0.4) is 0 Å². The monoisotopic (exact) mass is 338 g/mol. The molecule has 0 saturated carbocycles. The van der Waals surface area contributed by atoms with Crippen molar-refractivity contribution in [3.05, 3.63) is 59.6 Å². The minimum Gasteiger partial charge on any atom is -0.478 e. The third kappa shape index (κ3) is 4.64. The topological polar surface area (TPSA) is 87.1 Å². The molecule has 25 heavy (non-hydrogen) atoms. The number of nitrogens with one attached hydrogen (secondary N) is 2. The summed E-state index contributed by atoms with van der Waals surface area (Å²) < 4.78 is 0. The van der Waals surface area contributed by atoms with Gasteiger partial charge in [0.05, 0.1) is 23.6 Å². The Bertz CT molecular complexity index is 748. The summed E-state index contributed by atoms with van der Waals surface area (Å²) in [5.74, 6) is -0.304. The maximum absolute atomic E-state index is 10.6. The molecule has 0 unspecified atom stereocenters. The van der Waals surface area contributed by atoms with E-state index in [0.717, 1.165) is 32.0 Å². The van der Waals surface area contributed by atoms with Crippen molar-refractivity contribution < 1.29 is 9.90 Å². The van der Waals surface area contributed by atoms with Gasteiger partial charge in [0.25, 0.3) is 0 Å². The van der Waals surface area contributed by atoms with E-state index in [4.69, 9.17) is 5.11 Å². The largest absolute Gasteiger partial charge is 0.478 e. The lowest BCUT2D eigenvalue weighted by atomic mass is 9.89. The lowest BCUT2D eigenvalue weighted by Gasteiger charge is -2.30. The highest BCUT2D eigenvalue weighted by Gasteiger charge is 2.34. The van der Waals surface area contributed by atoms with Gasteiger partial charge in [-0.25, -0.2) is 9.78 Å². The van der Waals surface area contributed by atoms with Crippen molar-refractivity contribution in [2.45, 2.75) is 25.3 Å². The molecule has 2 aromatic rings. The van der Waals surface area contributed by atoms with Crippen molar-refractivity contribution in [2.75, 3.05) is 18.4 Å². The fourth-order valence-electron chi connectivity index (χ4n) is 3.06. The first-order chi connectivity index (χ1) is 12.0. The molecule has 0 aliphatic carbocycles. The second-order valence-electron chi connectivity index (χ2n) is 6.49. The Morgan fingerprint density at radius 1 is 1.32 bits per heavy atom. The molecule has 3 rings (SSSR count). The first-order valence-electron chi connectivity index (χ1n) is 8.32. The number of hydrogen-bond acceptors (Lipinski definition) is 5. The van der Waals surface area contributed by atoms with Crippen molar-refractivity contribution in [1.82, 2.24) is 15.3 Å². The van der Waals surface area contributed by atoms with Crippen molar-refractivity contribution >= 4 is 17.9 Å². The van der Waals surface area contributed by atoms with Crippen LogP contribution in [0.1, 0.15) is 23.2 Å². The number of aromatic nitrogens is 2. The van der Waals surface area contributed by atoms with Gasteiger partial charge in [-0.1, -0.05) is 29.8 Å². The molecule has 0 spiro atoms. The summed E-state index contributed by atoms with van der Waals surface area (Å²) in [4.78, 5) is 19.2. The summed E-state index contributed by atoms with van der Waals surface area (Å²) in [6.07, 6.45) is 7.61. The first-order valence-corrected chi connectivity index (χ1v) is 8.32. The fourth-order valence-corrected chi connectivity index (χ4v) is 3.06. The van der Waals surface area contributed by atoms with Crippen LogP contribution < -0.4 is 10.6 Å². The molecule has 1 aliphatic heterocycles. The molecule has 1 atom stereocenters. The number of rotatable bonds is 6. The first kappa shape index (κ1) is 17.1. The summed E-state index contributed by atoms with van der Waals surface area (Å²) in [7, 11) is 0. The molecule has 1 aromatic heterocycles. The number of aliphatic carboxylic acids is 1. The van der Waals surface area contributed by atoms with Gasteiger partial charge in [-0.05, 0) is 37.9 Å². The highest BCUT2D eigenvalue weighted by Crippen LogP contribution is 2.25. The molecule has 1 aromatic carbocycles. The van der Waals surface area contributed by atoms with Crippen LogP contribution in [0, 0.1) is 6.92 Å². The van der Waals surface area contributed by atoms with Crippen molar-refractivity contribution in [3.63, 3.8) is 0 Å². The van der Waals surface area contributed by atoms with E-state index in [0.29, 0.717) is 11.5 Å². The highest BCUT2D eigenvalue weighted by molar-refractivity contribution is 5.84. The summed E-state index contributed by atoms with van der Waals surface area (Å²) in [5.41, 5.74) is 2.97. The number of anilines is 1. The zero-order valence-electron chi connectivity index (χ0n) is 14.2. The van der Waals surface area contributed by atoms with Crippen molar-refractivity contribution in [1.29, 1.82) is 0 Å². The molecule has 2 heterocycles. The minimum absolute atomic E-state index is 0.0949. The van der Waals surface area contributed by atoms with Crippen LogP contribution in [0.15, 0.2) is 42.7 Å². The molecule has 130 valence electrons. The summed E-state index contributed by atoms with van der Waals surface area (Å²) in [6.45, 7) is 3.92. The molecule has 0 amide bonds. The van der Waals surface area contributed by atoms with E-state index in [-0.39, 0.29) is 5.54 Å². The van der Waals surface area contributed by atoms with Crippen LogP contribution in [0.5, 0.6) is 0 Å². The summed E-state index contributed by atoms with van der Waals surface area (Å²) >= 11 is 0. The van der Waals surface area contributed by atoms with E-state index in [2.05, 4.69) is 51.8 Å². The Morgan fingerprint density at radius 2 is 2.12 bits per heavy atom. The maximum Gasteiger partial charge on any atom is 0.328 e. The lowest BCUT2D eigenvalue weighted by Crippen LogP contribution is -2.43. The van der Waals surface area contributed by atoms with E-state index in [1.54, 1.807) is 12.4 Å². The molecule has 3 N–H and O–H groups in total. The number of hydrogen-bond donors (Lipinski definition) is 3. The third-order valence-electron chi connectivity index (χ3n) is 4.37. The van der Waals surface area contributed by atoms with Gasteiger partial charge in [-0.15, -0.1) is 0 Å². The molecule has 0 bridgehead atoms. The molecule has 1 fully saturated rings. The van der Waals surface area contributed by atoms with Gasteiger partial charge in [0.1, 0.15) is 5.82 Å². The quantitative estimate of drug-likeness (QED) is 0.701. The lowest BCUT2D eigenvalue weighted by molar-refractivity contribution is -0.131. The average Bonchev–Trinajstić information content (AvgIpc) is 3.04. The minimum atomic E-state index is -1.00. The Kier molecular flexibility index (Phi) is 5.09. The van der Waals surface area contributed by atoms with Gasteiger partial charge in [0.15, 0.2) is 0 Å². The summed E-state index contributed by atoms with van der Waals surface area (Å²) in [5, 5.41) is 15.6. The van der Waals surface area contributed by atoms with Crippen molar-refractivity contribution in [3.8, 4) is 0 Å². The molecule has 1 saturated heterocycles. The van der Waals surface area contributed by atoms with Gasteiger partial charge in [0.2, 0.25) is 0 Å². The Balaban J connectivity index is 1.73. The van der Waals surface area contributed by atoms with Crippen LogP contribution in [-0.2, 0) is 11.2 Å². The second-order valence-corrected chi connectivity index (χ2v) is 6.49. The molecule has 0 radical (unpaired) electrons. The SMILES string of the molecule is Cc1ccc(C[C@@]2(Nc3cnc(/C=C/C(=O)O)cn3)CCNC2)cc1. The molecule has 6 heteroatoms. The average molecular weight is 338 g/mol. The van der Waals surface area contributed by atoms with Gasteiger partial charge in [0, 0.05) is 12.6 Å². The zero-order valence-corrected chi connectivity index (χ0v) is 14.2. The van der Waals surface area contributed by atoms with Crippen molar-refractivity contribution in [2.24, 2.45) is 0 Å². The van der Waals surface area contributed by atoms with Gasteiger partial charge in [-0.3, -0.25) is 4.98 Å². The van der Waals surface area contributed by atoms with Crippen LogP contribution in [0.25, 0.3) is 6.08 Å². The number of aryl methyl sites for hydroxylation is 1. The fraction of sp³-hybridized carbons (Fsp3) is 0.316. The van der Waals surface area contributed by atoms with E-state index in [1.165, 1.54) is 17.2 Å². The van der Waals surface area contributed by atoms with Gasteiger partial charge in [-0.2, -0.15) is 0 Å². The molecule has 6 nitrogen and oxygen atoms in total. The second kappa shape index (κ2) is 7.44.